The molecule has 1 aliphatic heterocycles. The average molecular weight is 421 g/mol. The van der Waals surface area contributed by atoms with Crippen molar-refractivity contribution < 1.29 is 19.4 Å². The smallest absolute Gasteiger partial charge is 0.221 e. The van der Waals surface area contributed by atoms with Crippen molar-refractivity contribution in [3.8, 4) is 29.1 Å². The highest BCUT2D eigenvalue weighted by Gasteiger charge is 2.23. The quantitative estimate of drug-likeness (QED) is 0.533. The molecule has 9 nitrogen and oxygen atoms in total. The molecule has 1 aliphatic rings. The number of hydrogen-bond donors (Lipinski definition) is 3. The number of H-pyrrole nitrogens is 1. The van der Waals surface area contributed by atoms with E-state index < -0.39 is 0 Å². The first-order valence-electron chi connectivity index (χ1n) is 10.1. The van der Waals surface area contributed by atoms with Crippen molar-refractivity contribution in [1.29, 1.82) is 5.26 Å². The standard InChI is InChI=1S/C22H23N5O4/c1-12(2)31-19-6-17-16(5-13(19)7-23)18(21-24-8-15(10-28)27-21)9-25-22(17)30-11-14-3-4-20(29)26-14/h5-6,8-9,12,14,28H,3-4,10-11H2,1-2H3,(H,24,27)(H,26,29). The number of aromatic nitrogens is 3. The summed E-state index contributed by atoms with van der Waals surface area (Å²) >= 11 is 0. The summed E-state index contributed by atoms with van der Waals surface area (Å²) < 4.78 is 11.8. The minimum atomic E-state index is -0.164. The van der Waals surface area contributed by atoms with Gasteiger partial charge in [0.15, 0.2) is 0 Å². The lowest BCUT2D eigenvalue weighted by molar-refractivity contribution is -0.119. The first-order valence-corrected chi connectivity index (χ1v) is 10.1. The largest absolute Gasteiger partial charge is 0.490 e. The fourth-order valence-corrected chi connectivity index (χ4v) is 3.54. The Balaban J connectivity index is 1.80. The van der Waals surface area contributed by atoms with Gasteiger partial charge in [-0.25, -0.2) is 9.97 Å². The van der Waals surface area contributed by atoms with E-state index in [0.717, 1.165) is 0 Å². The number of nitrogens with one attached hydrogen (secondary N) is 2. The van der Waals surface area contributed by atoms with E-state index in [2.05, 4.69) is 26.3 Å². The van der Waals surface area contributed by atoms with Crippen LogP contribution in [0.4, 0.5) is 0 Å². The van der Waals surface area contributed by atoms with Crippen molar-refractivity contribution in [1.82, 2.24) is 20.3 Å². The number of ether oxygens (including phenoxy) is 2. The van der Waals surface area contributed by atoms with Crippen molar-refractivity contribution in [2.45, 2.75) is 45.4 Å². The number of aromatic amines is 1. The van der Waals surface area contributed by atoms with Crippen LogP contribution in [0.15, 0.2) is 24.5 Å². The van der Waals surface area contributed by atoms with Crippen LogP contribution in [0, 0.1) is 11.3 Å². The van der Waals surface area contributed by atoms with Crippen molar-refractivity contribution in [2.75, 3.05) is 6.61 Å². The molecule has 1 amide bonds. The Labute approximate surface area is 179 Å². The molecule has 3 N–H and O–H groups in total. The minimum absolute atomic E-state index is 0.0190. The van der Waals surface area contributed by atoms with E-state index in [4.69, 9.17) is 9.47 Å². The van der Waals surface area contributed by atoms with E-state index in [-0.39, 0.29) is 24.7 Å². The summed E-state index contributed by atoms with van der Waals surface area (Å²) in [5.41, 5.74) is 1.63. The van der Waals surface area contributed by atoms with Crippen LogP contribution >= 0.6 is 0 Å². The van der Waals surface area contributed by atoms with Gasteiger partial charge >= 0.3 is 0 Å². The van der Waals surface area contributed by atoms with Crippen LogP contribution < -0.4 is 14.8 Å². The zero-order chi connectivity index (χ0) is 22.0. The lowest BCUT2D eigenvalue weighted by atomic mass is 10.0. The molecule has 0 bridgehead atoms. The second kappa shape index (κ2) is 8.62. The molecule has 1 unspecified atom stereocenters. The molecule has 160 valence electrons. The van der Waals surface area contributed by atoms with Crippen LogP contribution in [0.1, 0.15) is 37.9 Å². The second-order valence-electron chi connectivity index (χ2n) is 7.68. The van der Waals surface area contributed by atoms with Gasteiger partial charge in [0.05, 0.1) is 36.2 Å². The minimum Gasteiger partial charge on any atom is -0.490 e. The molecule has 1 saturated heterocycles. The van der Waals surface area contributed by atoms with Crippen molar-refractivity contribution in [3.63, 3.8) is 0 Å². The first-order chi connectivity index (χ1) is 15.0. The van der Waals surface area contributed by atoms with Gasteiger partial charge < -0.3 is 24.9 Å². The first kappa shape index (κ1) is 20.6. The summed E-state index contributed by atoms with van der Waals surface area (Å²) in [7, 11) is 0. The third-order valence-electron chi connectivity index (χ3n) is 4.99. The zero-order valence-electron chi connectivity index (χ0n) is 17.3. The number of amides is 1. The average Bonchev–Trinajstić information content (AvgIpc) is 3.40. The summed E-state index contributed by atoms with van der Waals surface area (Å²) in [6.45, 7) is 3.91. The van der Waals surface area contributed by atoms with Crippen LogP contribution in [0.3, 0.4) is 0 Å². The molecular weight excluding hydrogens is 398 g/mol. The highest BCUT2D eigenvalue weighted by Crippen LogP contribution is 2.36. The van der Waals surface area contributed by atoms with Gasteiger partial charge in [0, 0.05) is 29.0 Å². The van der Waals surface area contributed by atoms with Crippen LogP contribution in [0.25, 0.3) is 22.2 Å². The van der Waals surface area contributed by atoms with Gasteiger partial charge in [-0.3, -0.25) is 4.79 Å². The van der Waals surface area contributed by atoms with Crippen molar-refractivity contribution >= 4 is 16.7 Å². The summed E-state index contributed by atoms with van der Waals surface area (Å²) in [5, 5.41) is 23.3. The number of carbonyl (C=O) groups is 1. The molecule has 0 aliphatic carbocycles. The number of pyridine rings is 1. The summed E-state index contributed by atoms with van der Waals surface area (Å²) in [6.07, 6.45) is 4.26. The van der Waals surface area contributed by atoms with Crippen molar-refractivity contribution in [3.05, 3.63) is 35.8 Å². The third-order valence-corrected chi connectivity index (χ3v) is 4.99. The van der Waals surface area contributed by atoms with Gasteiger partial charge in [-0.05, 0) is 32.4 Å². The molecule has 0 saturated carbocycles. The Kier molecular flexibility index (Phi) is 5.73. The maximum absolute atomic E-state index is 11.5. The predicted octanol–water partition coefficient (Wildman–Crippen LogP) is 2.43. The van der Waals surface area contributed by atoms with Gasteiger partial charge in [0.2, 0.25) is 11.8 Å². The molecular formula is C22H23N5O4. The molecule has 3 aromatic rings. The second-order valence-corrected chi connectivity index (χ2v) is 7.68. The maximum Gasteiger partial charge on any atom is 0.221 e. The number of nitrogens with zero attached hydrogens (tertiary/aromatic N) is 3. The van der Waals surface area contributed by atoms with E-state index in [1.165, 1.54) is 0 Å². The molecule has 0 spiro atoms. The topological polar surface area (TPSA) is 133 Å². The molecule has 4 rings (SSSR count). The number of aliphatic hydroxyl groups excluding tert-OH is 1. The van der Waals surface area contributed by atoms with E-state index in [9.17, 15) is 15.2 Å². The van der Waals surface area contributed by atoms with Crippen LogP contribution in [-0.4, -0.2) is 44.7 Å². The molecule has 0 radical (unpaired) electrons. The van der Waals surface area contributed by atoms with Gasteiger partial charge in [-0.15, -0.1) is 0 Å². The lowest BCUT2D eigenvalue weighted by Gasteiger charge is -2.16. The van der Waals surface area contributed by atoms with Crippen molar-refractivity contribution in [2.24, 2.45) is 0 Å². The third kappa shape index (κ3) is 4.29. The molecule has 2 aromatic heterocycles. The monoisotopic (exact) mass is 421 g/mol. The Morgan fingerprint density at radius 1 is 1.29 bits per heavy atom. The number of hydrogen-bond acceptors (Lipinski definition) is 7. The SMILES string of the molecule is CC(C)Oc1cc2c(OCC3CCC(=O)N3)ncc(-c3ncc(CO)[nH]3)c2cc1C#N. The van der Waals surface area contributed by atoms with E-state index in [1.807, 2.05) is 13.8 Å². The lowest BCUT2D eigenvalue weighted by Crippen LogP contribution is -2.31. The molecule has 1 aromatic carbocycles. The number of imidazole rings is 1. The summed E-state index contributed by atoms with van der Waals surface area (Å²) in [5.74, 6) is 1.37. The Morgan fingerprint density at radius 2 is 2.13 bits per heavy atom. The number of fused-ring (bicyclic) bond motifs is 1. The molecule has 3 heterocycles. The van der Waals surface area contributed by atoms with Gasteiger partial charge in [0.25, 0.3) is 0 Å². The van der Waals surface area contributed by atoms with E-state index in [1.54, 1.807) is 24.5 Å². The summed E-state index contributed by atoms with van der Waals surface area (Å²) in [4.78, 5) is 23.3. The number of benzene rings is 1. The van der Waals surface area contributed by atoms with Gasteiger partial charge in [0.1, 0.15) is 24.3 Å². The Hall–Kier alpha value is -3.64. The fourth-order valence-electron chi connectivity index (χ4n) is 3.54. The summed E-state index contributed by atoms with van der Waals surface area (Å²) in [6, 6.07) is 5.61. The zero-order valence-corrected chi connectivity index (χ0v) is 17.3. The number of aliphatic hydroxyl groups is 1. The number of nitriles is 1. The number of rotatable bonds is 7. The fraction of sp³-hybridized carbons (Fsp3) is 0.364. The maximum atomic E-state index is 11.5. The van der Waals surface area contributed by atoms with Gasteiger partial charge in [-0.1, -0.05) is 0 Å². The predicted molar refractivity (Wildman–Crippen MR) is 112 cm³/mol. The highest BCUT2D eigenvalue weighted by molar-refractivity contribution is 5.99. The highest BCUT2D eigenvalue weighted by atomic mass is 16.5. The number of carbonyl (C=O) groups excluding carboxylic acids is 1. The van der Waals surface area contributed by atoms with Crippen LogP contribution in [0.2, 0.25) is 0 Å². The molecule has 9 heteroatoms. The molecule has 1 fully saturated rings. The Morgan fingerprint density at radius 3 is 2.77 bits per heavy atom. The van der Waals surface area contributed by atoms with E-state index in [0.29, 0.717) is 64.5 Å². The Bertz CT molecular complexity index is 1160. The normalized spacial score (nSPS) is 15.8. The molecule has 1 atom stereocenters. The molecule has 31 heavy (non-hydrogen) atoms. The van der Waals surface area contributed by atoms with E-state index >= 15 is 0 Å². The van der Waals surface area contributed by atoms with Crippen LogP contribution in [-0.2, 0) is 11.4 Å². The van der Waals surface area contributed by atoms with Gasteiger partial charge in [-0.2, -0.15) is 5.26 Å². The van der Waals surface area contributed by atoms with Crippen LogP contribution in [0.5, 0.6) is 11.6 Å².